The van der Waals surface area contributed by atoms with Crippen LogP contribution in [0.25, 0.3) is 11.0 Å². The van der Waals surface area contributed by atoms with Gasteiger partial charge in [0.25, 0.3) is 5.91 Å². The van der Waals surface area contributed by atoms with E-state index in [-0.39, 0.29) is 17.6 Å². The van der Waals surface area contributed by atoms with Crippen molar-refractivity contribution in [3.8, 4) is 11.5 Å². The molecule has 3 heterocycles. The van der Waals surface area contributed by atoms with Crippen molar-refractivity contribution in [2.45, 2.75) is 18.9 Å². The third kappa shape index (κ3) is 4.45. The minimum absolute atomic E-state index is 0.0497. The molecule has 1 N–H and O–H groups in total. The van der Waals surface area contributed by atoms with Crippen molar-refractivity contribution in [3.05, 3.63) is 58.1 Å². The molecule has 3 aromatic rings. The molecule has 0 radical (unpaired) electrons. The average Bonchev–Trinajstić information content (AvgIpc) is 3.31. The second-order valence-electron chi connectivity index (χ2n) is 7.43. The molecule has 2 aliphatic heterocycles. The van der Waals surface area contributed by atoms with E-state index in [0.717, 1.165) is 29.3 Å². The number of nitrogens with one attached hydrogen (secondary N) is 1. The number of fused-ring (bicyclic) bond motifs is 2. The summed E-state index contributed by atoms with van der Waals surface area (Å²) in [6.45, 7) is 2.21. The van der Waals surface area contributed by atoms with Gasteiger partial charge in [-0.2, -0.15) is 0 Å². The molecule has 2 aromatic carbocycles. The Bertz CT molecular complexity index is 1200. The molecule has 0 spiro atoms. The van der Waals surface area contributed by atoms with Crippen molar-refractivity contribution < 1.29 is 23.4 Å². The second-order valence-corrected chi connectivity index (χ2v) is 8.35. The second kappa shape index (κ2) is 8.72. The Labute approximate surface area is 187 Å². The highest BCUT2D eigenvalue weighted by Crippen LogP contribution is 2.33. The number of nitrogens with zero attached hydrogens (tertiary/aromatic N) is 1. The average molecular weight is 485 g/mol. The van der Waals surface area contributed by atoms with Crippen LogP contribution < -0.4 is 20.3 Å². The first-order valence-corrected chi connectivity index (χ1v) is 11.0. The van der Waals surface area contributed by atoms with E-state index in [2.05, 4.69) is 26.2 Å². The summed E-state index contributed by atoms with van der Waals surface area (Å²) in [5.41, 5.74) is 1.84. The molecule has 2 aliphatic rings. The smallest absolute Gasteiger partial charge is 0.256 e. The molecule has 7 nitrogen and oxygen atoms in total. The summed E-state index contributed by atoms with van der Waals surface area (Å²) >= 11 is 3.47. The van der Waals surface area contributed by atoms with E-state index in [4.69, 9.17) is 18.6 Å². The molecular weight excluding hydrogens is 464 g/mol. The molecule has 31 heavy (non-hydrogen) atoms. The van der Waals surface area contributed by atoms with Crippen LogP contribution in [0.3, 0.4) is 0 Å². The standard InChI is InChI=1S/C23H21BrN2O5/c24-15-3-5-19-14(10-15)11-18(22(27)25-13-17-2-1-7-28-17)23(31-19)26-16-4-6-20-21(12-16)30-9-8-29-20/h3-6,10-12,17H,1-2,7-9,13H2,(H,25,27)/t17-/m0/s1. The maximum Gasteiger partial charge on any atom is 0.256 e. The molecule has 1 amide bonds. The van der Waals surface area contributed by atoms with Gasteiger partial charge < -0.3 is 23.9 Å². The SMILES string of the molecule is O=C(NC[C@@H]1CCCO1)c1cc2cc(Br)ccc2oc1=Nc1ccc2c(c1)OCCO2. The minimum Gasteiger partial charge on any atom is -0.486 e. The van der Waals surface area contributed by atoms with Crippen LogP contribution in [0.2, 0.25) is 0 Å². The monoisotopic (exact) mass is 484 g/mol. The third-order valence-corrected chi connectivity index (χ3v) is 5.72. The topological polar surface area (TPSA) is 82.3 Å². The fourth-order valence-electron chi connectivity index (χ4n) is 3.67. The third-order valence-electron chi connectivity index (χ3n) is 5.22. The number of halogens is 1. The molecule has 1 atom stereocenters. The van der Waals surface area contributed by atoms with Gasteiger partial charge in [-0.15, -0.1) is 0 Å². The van der Waals surface area contributed by atoms with E-state index >= 15 is 0 Å². The largest absolute Gasteiger partial charge is 0.486 e. The Kier molecular flexibility index (Phi) is 5.65. The highest BCUT2D eigenvalue weighted by molar-refractivity contribution is 9.10. The van der Waals surface area contributed by atoms with Gasteiger partial charge in [0.1, 0.15) is 24.4 Å². The zero-order chi connectivity index (χ0) is 21.2. The van der Waals surface area contributed by atoms with Crippen LogP contribution >= 0.6 is 15.9 Å². The molecule has 1 saturated heterocycles. The van der Waals surface area contributed by atoms with Gasteiger partial charge in [0, 0.05) is 29.1 Å². The number of benzene rings is 2. The first-order chi connectivity index (χ1) is 15.2. The number of hydrogen-bond donors (Lipinski definition) is 1. The summed E-state index contributed by atoms with van der Waals surface area (Å²) in [4.78, 5) is 17.6. The maximum atomic E-state index is 13.0. The lowest BCUT2D eigenvalue weighted by atomic mass is 10.1. The van der Waals surface area contributed by atoms with Gasteiger partial charge in [0.15, 0.2) is 11.5 Å². The normalized spacial score (nSPS) is 18.4. The predicted molar refractivity (Wildman–Crippen MR) is 118 cm³/mol. The van der Waals surface area contributed by atoms with Crippen molar-refractivity contribution in [1.82, 2.24) is 5.32 Å². The van der Waals surface area contributed by atoms with Crippen LogP contribution in [-0.4, -0.2) is 38.4 Å². The number of amides is 1. The van der Waals surface area contributed by atoms with Crippen molar-refractivity contribution in [2.75, 3.05) is 26.4 Å². The summed E-state index contributed by atoms with van der Waals surface area (Å²) < 4.78 is 23.8. The van der Waals surface area contributed by atoms with Crippen LogP contribution in [0, 0.1) is 0 Å². The summed E-state index contributed by atoms with van der Waals surface area (Å²) in [6, 6.07) is 12.8. The van der Waals surface area contributed by atoms with Gasteiger partial charge in [0.05, 0.1) is 11.8 Å². The lowest BCUT2D eigenvalue weighted by Crippen LogP contribution is -2.34. The van der Waals surface area contributed by atoms with E-state index in [9.17, 15) is 4.79 Å². The zero-order valence-electron chi connectivity index (χ0n) is 16.7. The number of ether oxygens (including phenoxy) is 3. The molecular formula is C23H21BrN2O5. The van der Waals surface area contributed by atoms with E-state index in [0.29, 0.717) is 48.1 Å². The number of hydrogen-bond acceptors (Lipinski definition) is 6. The molecule has 5 rings (SSSR count). The van der Waals surface area contributed by atoms with Crippen molar-refractivity contribution >= 4 is 38.5 Å². The summed E-state index contributed by atoms with van der Waals surface area (Å²) in [7, 11) is 0. The summed E-state index contributed by atoms with van der Waals surface area (Å²) in [5.74, 6) is 1.05. The van der Waals surface area contributed by atoms with Crippen molar-refractivity contribution in [1.29, 1.82) is 0 Å². The Morgan fingerprint density at radius 3 is 2.77 bits per heavy atom. The number of carbonyl (C=O) groups excluding carboxylic acids is 1. The minimum atomic E-state index is -0.252. The van der Waals surface area contributed by atoms with Crippen LogP contribution in [0.15, 0.2) is 56.3 Å². The number of carbonyl (C=O) groups is 1. The highest BCUT2D eigenvalue weighted by Gasteiger charge is 2.19. The van der Waals surface area contributed by atoms with Crippen molar-refractivity contribution in [2.24, 2.45) is 4.99 Å². The van der Waals surface area contributed by atoms with Gasteiger partial charge >= 0.3 is 0 Å². The molecule has 0 bridgehead atoms. The summed E-state index contributed by atoms with van der Waals surface area (Å²) in [5, 5.41) is 3.76. The van der Waals surface area contributed by atoms with Crippen LogP contribution in [0.5, 0.6) is 11.5 Å². The molecule has 1 fully saturated rings. The lowest BCUT2D eigenvalue weighted by molar-refractivity contribution is 0.0854. The van der Waals surface area contributed by atoms with E-state index in [1.165, 1.54) is 0 Å². The Balaban J connectivity index is 1.54. The molecule has 160 valence electrons. The summed E-state index contributed by atoms with van der Waals surface area (Å²) in [6.07, 6.45) is 2.02. The van der Waals surface area contributed by atoms with Gasteiger partial charge in [0.2, 0.25) is 5.55 Å². The lowest BCUT2D eigenvalue weighted by Gasteiger charge is -2.18. The van der Waals surface area contributed by atoms with Gasteiger partial charge in [-0.1, -0.05) is 15.9 Å². The van der Waals surface area contributed by atoms with Crippen molar-refractivity contribution in [3.63, 3.8) is 0 Å². The Hall–Kier alpha value is -2.84. The highest BCUT2D eigenvalue weighted by atomic mass is 79.9. The molecule has 1 aromatic heterocycles. The Morgan fingerprint density at radius 2 is 1.94 bits per heavy atom. The zero-order valence-corrected chi connectivity index (χ0v) is 18.3. The molecule has 8 heteroatoms. The first-order valence-electron chi connectivity index (χ1n) is 10.2. The molecule has 0 saturated carbocycles. The van der Waals surface area contributed by atoms with Crippen LogP contribution in [0.1, 0.15) is 23.2 Å². The fourth-order valence-corrected chi connectivity index (χ4v) is 4.05. The predicted octanol–water partition coefficient (Wildman–Crippen LogP) is 4.11. The Morgan fingerprint density at radius 1 is 1.06 bits per heavy atom. The van der Waals surface area contributed by atoms with Gasteiger partial charge in [-0.25, -0.2) is 4.99 Å². The van der Waals surface area contributed by atoms with Crippen LogP contribution in [0.4, 0.5) is 5.69 Å². The van der Waals surface area contributed by atoms with E-state index < -0.39 is 0 Å². The molecule has 0 unspecified atom stereocenters. The quantitative estimate of drug-likeness (QED) is 0.602. The fraction of sp³-hybridized carbons (Fsp3) is 0.304. The molecule has 0 aliphatic carbocycles. The van der Waals surface area contributed by atoms with Gasteiger partial charge in [-0.3, -0.25) is 4.79 Å². The van der Waals surface area contributed by atoms with E-state index in [1.807, 2.05) is 30.3 Å². The number of rotatable bonds is 4. The van der Waals surface area contributed by atoms with E-state index in [1.54, 1.807) is 12.1 Å². The van der Waals surface area contributed by atoms with Crippen LogP contribution in [-0.2, 0) is 4.74 Å². The van der Waals surface area contributed by atoms with Gasteiger partial charge in [-0.05, 0) is 49.2 Å². The maximum absolute atomic E-state index is 13.0. The first kappa shape index (κ1) is 20.1.